The highest BCUT2D eigenvalue weighted by molar-refractivity contribution is 5.44. The highest BCUT2D eigenvalue weighted by Crippen LogP contribution is 2.28. The van der Waals surface area contributed by atoms with Gasteiger partial charge in [0.05, 0.1) is 0 Å². The third kappa shape index (κ3) is 9.30. The van der Waals surface area contributed by atoms with Gasteiger partial charge in [-0.2, -0.15) is 0 Å². The van der Waals surface area contributed by atoms with Crippen LogP contribution in [0.1, 0.15) is 94.7 Å². The number of phenols is 1. The first kappa shape index (κ1) is 22.0. The van der Waals surface area contributed by atoms with Gasteiger partial charge in [0.2, 0.25) is 0 Å². The molecule has 144 valence electrons. The fraction of sp³-hybridized carbons (Fsp3) is 0.739. The van der Waals surface area contributed by atoms with Gasteiger partial charge in [-0.1, -0.05) is 77.3 Å². The summed E-state index contributed by atoms with van der Waals surface area (Å²) in [5.41, 5.74) is 3.67. The summed E-state index contributed by atoms with van der Waals surface area (Å²) in [5, 5.41) is 10.7. The molecule has 0 saturated heterocycles. The molecule has 1 aromatic carbocycles. The van der Waals surface area contributed by atoms with Gasteiger partial charge in [-0.15, -0.1) is 0 Å². The van der Waals surface area contributed by atoms with Crippen LogP contribution in [0.5, 0.6) is 5.75 Å². The van der Waals surface area contributed by atoms with Gasteiger partial charge in [0.15, 0.2) is 0 Å². The van der Waals surface area contributed by atoms with Gasteiger partial charge >= 0.3 is 0 Å². The molecule has 25 heavy (non-hydrogen) atoms. The van der Waals surface area contributed by atoms with E-state index in [0.29, 0.717) is 5.75 Å². The van der Waals surface area contributed by atoms with Gasteiger partial charge in [0.25, 0.3) is 0 Å². The summed E-state index contributed by atoms with van der Waals surface area (Å²) in [6, 6.07) is 4.46. The molecule has 1 aromatic rings. The predicted octanol–water partition coefficient (Wildman–Crippen LogP) is 6.48. The summed E-state index contributed by atoms with van der Waals surface area (Å²) in [5.74, 6) is 0.577. The summed E-state index contributed by atoms with van der Waals surface area (Å²) in [7, 11) is 4.23. The Balaban J connectivity index is 2.70. The number of nitrogens with zero attached hydrogens (tertiary/aromatic N) is 1. The van der Waals surface area contributed by atoms with Crippen LogP contribution in [0.25, 0.3) is 0 Å². The molecule has 2 heteroatoms. The minimum absolute atomic E-state index is 0.577. The monoisotopic (exact) mass is 347 g/mol. The van der Waals surface area contributed by atoms with Crippen molar-refractivity contribution in [1.82, 2.24) is 4.90 Å². The number of hydrogen-bond donors (Lipinski definition) is 1. The maximum Gasteiger partial charge on any atom is 0.121 e. The smallest absolute Gasteiger partial charge is 0.121 e. The summed E-state index contributed by atoms with van der Waals surface area (Å²) >= 11 is 0. The highest BCUT2D eigenvalue weighted by Gasteiger charge is 2.11. The zero-order valence-electron chi connectivity index (χ0n) is 17.2. The maximum absolute atomic E-state index is 10.7. The van der Waals surface area contributed by atoms with E-state index in [9.17, 15) is 5.11 Å². The Morgan fingerprint density at radius 2 is 1.16 bits per heavy atom. The van der Waals surface area contributed by atoms with Gasteiger partial charge in [-0.25, -0.2) is 0 Å². The van der Waals surface area contributed by atoms with E-state index in [1.165, 1.54) is 80.9 Å². The lowest BCUT2D eigenvalue weighted by atomic mass is 9.95. The van der Waals surface area contributed by atoms with Crippen molar-refractivity contribution < 1.29 is 5.11 Å². The van der Waals surface area contributed by atoms with E-state index < -0.39 is 0 Å². The molecule has 0 spiro atoms. The van der Waals surface area contributed by atoms with E-state index >= 15 is 0 Å². The number of benzene rings is 1. The second-order valence-electron chi connectivity index (χ2n) is 7.83. The molecule has 0 atom stereocenters. The molecule has 0 unspecified atom stereocenters. The fourth-order valence-corrected chi connectivity index (χ4v) is 3.51. The van der Waals surface area contributed by atoms with Crippen LogP contribution >= 0.6 is 0 Å². The van der Waals surface area contributed by atoms with E-state index in [4.69, 9.17) is 0 Å². The Labute approximate surface area is 156 Å². The molecule has 0 heterocycles. The van der Waals surface area contributed by atoms with Crippen LogP contribution in [0.3, 0.4) is 0 Å². The van der Waals surface area contributed by atoms with Gasteiger partial charge in [0, 0.05) is 6.54 Å². The van der Waals surface area contributed by atoms with Gasteiger partial charge in [-0.05, 0) is 56.5 Å². The lowest BCUT2D eigenvalue weighted by Gasteiger charge is -2.16. The number of rotatable bonds is 14. The summed E-state index contributed by atoms with van der Waals surface area (Å²) < 4.78 is 0. The standard InChI is InChI=1S/C23H41NO/c1-5-7-9-11-13-15-21-17-20(19-24(3)4)18-22(23(21)25)16-14-12-10-8-6-2/h17-18,25H,5-16,19H2,1-4H3. The molecule has 0 aliphatic carbocycles. The second kappa shape index (κ2) is 13.2. The van der Waals surface area contributed by atoms with Gasteiger partial charge in [0.1, 0.15) is 5.75 Å². The van der Waals surface area contributed by atoms with Crippen molar-refractivity contribution in [3.63, 3.8) is 0 Å². The zero-order chi connectivity index (χ0) is 18.5. The van der Waals surface area contributed by atoms with Crippen LogP contribution in [0, 0.1) is 0 Å². The Morgan fingerprint density at radius 3 is 1.56 bits per heavy atom. The third-order valence-electron chi connectivity index (χ3n) is 4.93. The Morgan fingerprint density at radius 1 is 0.720 bits per heavy atom. The van der Waals surface area contributed by atoms with Crippen molar-refractivity contribution >= 4 is 0 Å². The molecule has 0 saturated carbocycles. The molecule has 0 aromatic heterocycles. The first-order chi connectivity index (χ1) is 12.1. The lowest BCUT2D eigenvalue weighted by molar-refractivity contribution is 0.400. The third-order valence-corrected chi connectivity index (χ3v) is 4.93. The van der Waals surface area contributed by atoms with Crippen molar-refractivity contribution in [2.75, 3.05) is 14.1 Å². The number of aryl methyl sites for hydroxylation is 2. The summed E-state index contributed by atoms with van der Waals surface area (Å²) in [4.78, 5) is 2.21. The van der Waals surface area contributed by atoms with Crippen LogP contribution < -0.4 is 0 Å². The molecule has 0 fully saturated rings. The number of phenolic OH excluding ortho intramolecular Hbond substituents is 1. The number of unbranched alkanes of at least 4 members (excludes halogenated alkanes) is 8. The van der Waals surface area contributed by atoms with Crippen LogP contribution in [0.2, 0.25) is 0 Å². The van der Waals surface area contributed by atoms with E-state index in [-0.39, 0.29) is 0 Å². The SMILES string of the molecule is CCCCCCCc1cc(CN(C)C)cc(CCCCCCC)c1O. The minimum Gasteiger partial charge on any atom is -0.507 e. The number of hydrogen-bond acceptors (Lipinski definition) is 2. The highest BCUT2D eigenvalue weighted by atomic mass is 16.3. The van der Waals surface area contributed by atoms with Crippen molar-refractivity contribution in [2.24, 2.45) is 0 Å². The Kier molecular flexibility index (Phi) is 11.6. The second-order valence-corrected chi connectivity index (χ2v) is 7.83. The van der Waals surface area contributed by atoms with E-state index in [0.717, 1.165) is 19.4 Å². The van der Waals surface area contributed by atoms with Crippen LogP contribution in [-0.2, 0) is 19.4 Å². The summed E-state index contributed by atoms with van der Waals surface area (Å²) in [6.07, 6.45) is 14.8. The van der Waals surface area contributed by atoms with Gasteiger partial charge in [-0.3, -0.25) is 0 Å². The first-order valence-corrected chi connectivity index (χ1v) is 10.6. The van der Waals surface area contributed by atoms with Gasteiger partial charge < -0.3 is 10.0 Å². The van der Waals surface area contributed by atoms with Crippen molar-refractivity contribution in [3.05, 3.63) is 28.8 Å². The van der Waals surface area contributed by atoms with Crippen LogP contribution in [0.15, 0.2) is 12.1 Å². The largest absolute Gasteiger partial charge is 0.507 e. The molecule has 1 rings (SSSR count). The number of aromatic hydroxyl groups is 1. The molecule has 1 N–H and O–H groups in total. The first-order valence-electron chi connectivity index (χ1n) is 10.6. The predicted molar refractivity (Wildman–Crippen MR) is 110 cm³/mol. The average Bonchev–Trinajstić information content (AvgIpc) is 2.57. The minimum atomic E-state index is 0.577. The van der Waals surface area contributed by atoms with E-state index in [1.54, 1.807) is 0 Å². The molecule has 2 nitrogen and oxygen atoms in total. The zero-order valence-corrected chi connectivity index (χ0v) is 17.2. The van der Waals surface area contributed by atoms with Crippen molar-refractivity contribution in [1.29, 1.82) is 0 Å². The molecular weight excluding hydrogens is 306 g/mol. The molecular formula is C23H41NO. The molecule has 0 aliphatic rings. The molecule has 0 aliphatic heterocycles. The van der Waals surface area contributed by atoms with Crippen molar-refractivity contribution in [2.45, 2.75) is 97.4 Å². The molecule has 0 bridgehead atoms. The lowest BCUT2D eigenvalue weighted by Crippen LogP contribution is -2.11. The fourth-order valence-electron chi connectivity index (χ4n) is 3.51. The van der Waals surface area contributed by atoms with Crippen LogP contribution in [0.4, 0.5) is 0 Å². The Hall–Kier alpha value is -1.02. The quantitative estimate of drug-likeness (QED) is 0.389. The Bertz CT molecular complexity index is 432. The van der Waals surface area contributed by atoms with E-state index in [2.05, 4.69) is 45.0 Å². The van der Waals surface area contributed by atoms with Crippen molar-refractivity contribution in [3.8, 4) is 5.75 Å². The molecule has 0 radical (unpaired) electrons. The topological polar surface area (TPSA) is 23.5 Å². The van der Waals surface area contributed by atoms with E-state index in [1.807, 2.05) is 0 Å². The molecule has 0 amide bonds. The normalized spacial score (nSPS) is 11.4. The summed E-state index contributed by atoms with van der Waals surface area (Å²) in [6.45, 7) is 5.46. The van der Waals surface area contributed by atoms with Crippen LogP contribution in [-0.4, -0.2) is 24.1 Å². The average molecular weight is 348 g/mol. The maximum atomic E-state index is 10.7.